The molecule has 2 aromatic carbocycles. The molecule has 8 rings (SSSR count). The normalized spacial score (nSPS) is 28.1. The Kier molecular flexibility index (Phi) is 6.67. The van der Waals surface area contributed by atoms with Gasteiger partial charge in [0, 0.05) is 19.5 Å². The van der Waals surface area contributed by atoms with Crippen LogP contribution in [0.5, 0.6) is 0 Å². The zero-order valence-corrected chi connectivity index (χ0v) is 22.9. The number of benzene rings is 2. The second-order valence-corrected chi connectivity index (χ2v) is 12.5. The third-order valence-corrected chi connectivity index (χ3v) is 10.2. The highest BCUT2D eigenvalue weighted by Gasteiger charge is 2.46. The van der Waals surface area contributed by atoms with Crippen molar-refractivity contribution >= 4 is 5.91 Å². The number of halogens is 1. The van der Waals surface area contributed by atoms with Crippen molar-refractivity contribution in [2.75, 3.05) is 32.8 Å². The average Bonchev–Trinajstić information content (AvgIpc) is 3.32. The van der Waals surface area contributed by atoms with Crippen LogP contribution in [0.2, 0.25) is 0 Å². The van der Waals surface area contributed by atoms with Gasteiger partial charge in [-0.15, -0.1) is 0 Å². The lowest BCUT2D eigenvalue weighted by molar-refractivity contribution is -0.131. The first-order valence-electron chi connectivity index (χ1n) is 14.8. The fourth-order valence-corrected chi connectivity index (χ4v) is 7.43. The van der Waals surface area contributed by atoms with Gasteiger partial charge in [-0.3, -0.25) is 9.69 Å². The molecule has 6 aliphatic rings. The second-order valence-electron chi connectivity index (χ2n) is 12.5. The van der Waals surface area contributed by atoms with Crippen LogP contribution in [0.25, 0.3) is 11.1 Å². The molecule has 5 fully saturated rings. The molecule has 8 heteroatoms. The van der Waals surface area contributed by atoms with Crippen LogP contribution in [-0.4, -0.2) is 61.3 Å². The van der Waals surface area contributed by atoms with Gasteiger partial charge in [0.1, 0.15) is 11.9 Å². The lowest BCUT2D eigenvalue weighted by atomic mass is 9.71. The van der Waals surface area contributed by atoms with Crippen LogP contribution < -0.4 is 10.6 Å². The molecule has 7 nitrogen and oxygen atoms in total. The van der Waals surface area contributed by atoms with E-state index in [1.54, 1.807) is 12.1 Å². The molecule has 0 radical (unpaired) electrons. The van der Waals surface area contributed by atoms with Crippen molar-refractivity contribution in [3.05, 3.63) is 58.9 Å². The predicted molar refractivity (Wildman–Crippen MR) is 148 cm³/mol. The summed E-state index contributed by atoms with van der Waals surface area (Å²) in [5, 5.41) is 16.1. The summed E-state index contributed by atoms with van der Waals surface area (Å²) >= 11 is 0. The number of likely N-dealkylation sites (tertiary alicyclic amines) is 1. The molecule has 1 saturated carbocycles. The molecule has 1 unspecified atom stereocenters. The van der Waals surface area contributed by atoms with Gasteiger partial charge in [-0.25, -0.2) is 4.39 Å². The first kappa shape index (κ1) is 26.1. The van der Waals surface area contributed by atoms with Gasteiger partial charge in [0.05, 0.1) is 43.1 Å². The molecule has 5 aliphatic heterocycles. The molecule has 2 N–H and O–H groups in total. The van der Waals surface area contributed by atoms with Gasteiger partial charge in [-0.1, -0.05) is 24.3 Å². The van der Waals surface area contributed by atoms with Crippen LogP contribution in [0.4, 0.5) is 4.39 Å². The maximum atomic E-state index is 15.4. The van der Waals surface area contributed by atoms with Gasteiger partial charge < -0.3 is 20.1 Å². The van der Waals surface area contributed by atoms with Crippen LogP contribution >= 0.6 is 0 Å². The molecule has 1 atom stereocenters. The van der Waals surface area contributed by atoms with Gasteiger partial charge in [0.25, 0.3) is 0 Å². The molecule has 1 amide bonds. The number of rotatable bonds is 6. The fourth-order valence-electron chi connectivity index (χ4n) is 7.43. The minimum atomic E-state index is -0.780. The number of piperidine rings is 3. The highest BCUT2D eigenvalue weighted by Crippen LogP contribution is 2.46. The van der Waals surface area contributed by atoms with Crippen molar-refractivity contribution in [1.29, 1.82) is 5.26 Å². The quantitative estimate of drug-likeness (QED) is 0.576. The van der Waals surface area contributed by atoms with E-state index in [2.05, 4.69) is 33.7 Å². The molecule has 0 aromatic heterocycles. The van der Waals surface area contributed by atoms with E-state index in [0.29, 0.717) is 24.1 Å². The van der Waals surface area contributed by atoms with E-state index < -0.39 is 11.6 Å². The van der Waals surface area contributed by atoms with E-state index in [1.807, 2.05) is 12.1 Å². The molecule has 2 bridgehead atoms. The molecule has 40 heavy (non-hydrogen) atoms. The molecule has 210 valence electrons. The first-order chi connectivity index (χ1) is 19.5. The van der Waals surface area contributed by atoms with Crippen molar-refractivity contribution in [2.24, 2.45) is 5.92 Å². The minimum absolute atomic E-state index is 0.129. The number of nitrogens with zero attached hydrogens (tertiary/aromatic N) is 2. The van der Waals surface area contributed by atoms with E-state index in [4.69, 9.17) is 9.47 Å². The molecule has 2 aromatic rings. The number of carbonyl (C=O) groups excluding carboxylic acids is 1. The van der Waals surface area contributed by atoms with E-state index in [0.717, 1.165) is 82.5 Å². The summed E-state index contributed by atoms with van der Waals surface area (Å²) in [6, 6.07) is 13.5. The Bertz CT molecular complexity index is 1320. The number of amides is 1. The first-order valence-corrected chi connectivity index (χ1v) is 14.8. The molecule has 1 spiro atoms. The van der Waals surface area contributed by atoms with E-state index in [-0.39, 0.29) is 23.7 Å². The van der Waals surface area contributed by atoms with Crippen molar-refractivity contribution in [3.8, 4) is 17.2 Å². The summed E-state index contributed by atoms with van der Waals surface area (Å²) < 4.78 is 27.2. The maximum Gasteiger partial charge on any atom is 0.241 e. The Hall–Kier alpha value is -2.83. The summed E-state index contributed by atoms with van der Waals surface area (Å²) in [4.78, 5) is 15.6. The van der Waals surface area contributed by atoms with Crippen LogP contribution in [0.3, 0.4) is 0 Å². The Balaban J connectivity index is 1.05. The number of hydrogen-bond donors (Lipinski definition) is 2. The Labute approximate surface area is 235 Å². The standard InChI is InChI=1S/C32H37FN4O3/c33-29-15-23(1-3-24(29)13-26(16-34)36-30(38)31-7-5-21(6-8-31)17-35-31)22-2-4-25-18-40-32(28(25)14-22)9-11-37(12-10-32)27-19-39-20-27/h1-4,14-15,21,26-27,35H,5-13,17-20H2,(H,36,38). The minimum Gasteiger partial charge on any atom is -0.378 e. The van der Waals surface area contributed by atoms with Crippen molar-refractivity contribution < 1.29 is 18.7 Å². The summed E-state index contributed by atoms with van der Waals surface area (Å²) in [5.41, 5.74) is 3.80. The molecule has 5 heterocycles. The zero-order chi connectivity index (χ0) is 27.3. The highest BCUT2D eigenvalue weighted by atomic mass is 19.1. The molecule has 4 saturated heterocycles. The summed E-state index contributed by atoms with van der Waals surface area (Å²) in [7, 11) is 0. The molecular weight excluding hydrogens is 507 g/mol. The van der Waals surface area contributed by atoms with Gasteiger partial charge in [0.15, 0.2) is 0 Å². The number of hydrogen-bond acceptors (Lipinski definition) is 6. The maximum absolute atomic E-state index is 15.4. The average molecular weight is 545 g/mol. The van der Waals surface area contributed by atoms with Crippen molar-refractivity contribution in [2.45, 2.75) is 74.8 Å². The summed E-state index contributed by atoms with van der Waals surface area (Å²) in [6.45, 7) is 5.12. The number of nitriles is 1. The molecule has 1 aliphatic carbocycles. The number of nitrogens with one attached hydrogen (secondary N) is 2. The highest BCUT2D eigenvalue weighted by molar-refractivity contribution is 5.87. The van der Waals surface area contributed by atoms with E-state index in [1.165, 1.54) is 11.1 Å². The smallest absolute Gasteiger partial charge is 0.241 e. The lowest BCUT2D eigenvalue weighted by Crippen LogP contribution is -2.64. The van der Waals surface area contributed by atoms with E-state index in [9.17, 15) is 10.1 Å². The second kappa shape index (κ2) is 10.2. The van der Waals surface area contributed by atoms with Crippen LogP contribution in [0, 0.1) is 23.1 Å². The largest absolute Gasteiger partial charge is 0.378 e. The van der Waals surface area contributed by atoms with Crippen LogP contribution in [-0.2, 0) is 32.9 Å². The third kappa shape index (κ3) is 4.53. The zero-order valence-electron chi connectivity index (χ0n) is 22.9. The SMILES string of the molecule is N#CC(Cc1ccc(-c2ccc3c(c2)C2(CCN(C4COC4)CC2)OC3)cc1F)NC(=O)C12CCC(CC1)CN2. The Morgan fingerprint density at radius 3 is 2.52 bits per heavy atom. The fraction of sp³-hybridized carbons (Fsp3) is 0.562. The lowest BCUT2D eigenvalue weighted by Gasteiger charge is -2.46. The topological polar surface area (TPSA) is 86.6 Å². The monoisotopic (exact) mass is 544 g/mol. The van der Waals surface area contributed by atoms with Crippen molar-refractivity contribution in [1.82, 2.24) is 15.5 Å². The molecular formula is C32H37FN4O3. The number of carbonyl (C=O) groups is 1. The summed E-state index contributed by atoms with van der Waals surface area (Å²) in [6.07, 6.45) is 5.71. The Morgan fingerprint density at radius 1 is 1.12 bits per heavy atom. The van der Waals surface area contributed by atoms with Gasteiger partial charge in [-0.05, 0) is 90.9 Å². The van der Waals surface area contributed by atoms with E-state index >= 15 is 4.39 Å². The third-order valence-electron chi connectivity index (χ3n) is 10.2. The Morgan fingerprint density at radius 2 is 1.88 bits per heavy atom. The predicted octanol–water partition coefficient (Wildman–Crippen LogP) is 3.80. The van der Waals surface area contributed by atoms with Crippen LogP contribution in [0.15, 0.2) is 36.4 Å². The van der Waals surface area contributed by atoms with Crippen LogP contribution in [0.1, 0.15) is 55.2 Å². The van der Waals surface area contributed by atoms with Crippen molar-refractivity contribution in [3.63, 3.8) is 0 Å². The van der Waals surface area contributed by atoms with Gasteiger partial charge in [-0.2, -0.15) is 5.26 Å². The number of ether oxygens (including phenoxy) is 2. The van der Waals surface area contributed by atoms with Gasteiger partial charge >= 0.3 is 0 Å². The van der Waals surface area contributed by atoms with Gasteiger partial charge in [0.2, 0.25) is 5.91 Å². The summed E-state index contributed by atoms with van der Waals surface area (Å²) in [5.74, 6) is 0.164. The number of fused-ring (bicyclic) bond motifs is 5.